The number of benzene rings is 2. The summed E-state index contributed by atoms with van der Waals surface area (Å²) in [5.41, 5.74) is 1.94. The lowest BCUT2D eigenvalue weighted by atomic mass is 10.1. The minimum Gasteiger partial charge on any atom is -0.496 e. The largest absolute Gasteiger partial charge is 0.496 e. The maximum absolute atomic E-state index is 12.0. The zero-order valence-corrected chi connectivity index (χ0v) is 12.8. The SMILES string of the molecule is COc1ccccc1CNC(=O)Cc1ccccc1Br. The lowest BCUT2D eigenvalue weighted by Crippen LogP contribution is -2.24. The minimum absolute atomic E-state index is 0.0113. The first kappa shape index (κ1) is 14.6. The van der Waals surface area contributed by atoms with Crippen LogP contribution in [0.2, 0.25) is 0 Å². The summed E-state index contributed by atoms with van der Waals surface area (Å²) in [5, 5.41) is 2.91. The van der Waals surface area contributed by atoms with E-state index in [1.54, 1.807) is 7.11 Å². The van der Waals surface area contributed by atoms with Gasteiger partial charge in [-0.3, -0.25) is 4.79 Å². The van der Waals surface area contributed by atoms with Crippen molar-refractivity contribution in [3.63, 3.8) is 0 Å². The molecule has 0 saturated heterocycles. The van der Waals surface area contributed by atoms with Crippen LogP contribution in [0.25, 0.3) is 0 Å². The van der Waals surface area contributed by atoms with Crippen LogP contribution in [0, 0.1) is 0 Å². The summed E-state index contributed by atoms with van der Waals surface area (Å²) >= 11 is 3.44. The Hall–Kier alpha value is -1.81. The van der Waals surface area contributed by atoms with E-state index in [9.17, 15) is 4.79 Å². The number of nitrogens with one attached hydrogen (secondary N) is 1. The van der Waals surface area contributed by atoms with Crippen LogP contribution >= 0.6 is 15.9 Å². The molecule has 0 bridgehead atoms. The van der Waals surface area contributed by atoms with Crippen LogP contribution < -0.4 is 10.1 Å². The van der Waals surface area contributed by atoms with E-state index in [1.807, 2.05) is 48.5 Å². The molecule has 0 aliphatic rings. The number of hydrogen-bond acceptors (Lipinski definition) is 2. The molecular weight excluding hydrogens is 318 g/mol. The second kappa shape index (κ2) is 7.10. The molecule has 0 fully saturated rings. The van der Waals surface area contributed by atoms with Crippen LogP contribution in [0.4, 0.5) is 0 Å². The topological polar surface area (TPSA) is 38.3 Å². The molecular formula is C16H16BrNO2. The molecule has 0 atom stereocenters. The van der Waals surface area contributed by atoms with E-state index in [-0.39, 0.29) is 5.91 Å². The molecule has 3 nitrogen and oxygen atoms in total. The molecule has 0 saturated carbocycles. The normalized spacial score (nSPS) is 10.1. The highest BCUT2D eigenvalue weighted by molar-refractivity contribution is 9.10. The fourth-order valence-corrected chi connectivity index (χ4v) is 2.35. The van der Waals surface area contributed by atoms with Gasteiger partial charge in [-0.1, -0.05) is 52.3 Å². The van der Waals surface area contributed by atoms with E-state index in [0.29, 0.717) is 13.0 Å². The van der Waals surface area contributed by atoms with Crippen molar-refractivity contribution in [3.05, 3.63) is 64.1 Å². The van der Waals surface area contributed by atoms with Crippen LogP contribution in [0.15, 0.2) is 53.0 Å². The van der Waals surface area contributed by atoms with E-state index in [1.165, 1.54) is 0 Å². The van der Waals surface area contributed by atoms with Gasteiger partial charge in [-0.15, -0.1) is 0 Å². The summed E-state index contributed by atoms with van der Waals surface area (Å²) in [7, 11) is 1.63. The molecule has 2 rings (SSSR count). The van der Waals surface area contributed by atoms with Crippen LogP contribution in [0.1, 0.15) is 11.1 Å². The van der Waals surface area contributed by atoms with Gasteiger partial charge in [0.05, 0.1) is 13.5 Å². The van der Waals surface area contributed by atoms with Crippen molar-refractivity contribution >= 4 is 21.8 Å². The van der Waals surface area contributed by atoms with Gasteiger partial charge in [0.25, 0.3) is 0 Å². The number of rotatable bonds is 5. The molecule has 20 heavy (non-hydrogen) atoms. The Balaban J connectivity index is 1.94. The van der Waals surface area contributed by atoms with Crippen LogP contribution in [-0.2, 0) is 17.8 Å². The predicted octanol–water partition coefficient (Wildman–Crippen LogP) is 3.32. The van der Waals surface area contributed by atoms with E-state index >= 15 is 0 Å². The Morgan fingerprint density at radius 2 is 1.75 bits per heavy atom. The number of hydrogen-bond donors (Lipinski definition) is 1. The third kappa shape index (κ3) is 3.84. The molecule has 104 valence electrons. The monoisotopic (exact) mass is 333 g/mol. The highest BCUT2D eigenvalue weighted by Crippen LogP contribution is 2.18. The van der Waals surface area contributed by atoms with Crippen molar-refractivity contribution < 1.29 is 9.53 Å². The number of methoxy groups -OCH3 is 1. The Kier molecular flexibility index (Phi) is 5.18. The maximum Gasteiger partial charge on any atom is 0.224 e. The maximum atomic E-state index is 12.0. The molecule has 2 aromatic rings. The lowest BCUT2D eigenvalue weighted by Gasteiger charge is -2.10. The Morgan fingerprint density at radius 1 is 1.10 bits per heavy atom. The molecule has 0 aliphatic carbocycles. The second-order valence-electron chi connectivity index (χ2n) is 4.36. The van der Waals surface area contributed by atoms with Gasteiger partial charge in [0.2, 0.25) is 5.91 Å². The molecule has 0 heterocycles. The predicted molar refractivity (Wildman–Crippen MR) is 82.7 cm³/mol. The standard InChI is InChI=1S/C16H16BrNO2/c1-20-15-9-5-3-7-13(15)11-18-16(19)10-12-6-2-4-8-14(12)17/h2-9H,10-11H2,1H3,(H,18,19). The van der Waals surface area contributed by atoms with Gasteiger partial charge in [0.1, 0.15) is 5.75 Å². The number of halogens is 1. The summed E-state index contributed by atoms with van der Waals surface area (Å²) in [6.45, 7) is 0.466. The molecule has 0 aliphatic heterocycles. The molecule has 0 radical (unpaired) electrons. The van der Waals surface area contributed by atoms with Crippen molar-refractivity contribution in [2.75, 3.05) is 7.11 Å². The molecule has 0 aromatic heterocycles. The number of carbonyl (C=O) groups is 1. The van der Waals surface area contributed by atoms with Gasteiger partial charge < -0.3 is 10.1 Å². The Labute approximate surface area is 127 Å². The third-order valence-corrected chi connectivity index (χ3v) is 3.75. The van der Waals surface area contributed by atoms with E-state index < -0.39 is 0 Å². The van der Waals surface area contributed by atoms with Gasteiger partial charge in [0, 0.05) is 16.6 Å². The number of amides is 1. The average molecular weight is 334 g/mol. The molecule has 4 heteroatoms. The first-order valence-corrected chi connectivity index (χ1v) is 7.12. The van der Waals surface area contributed by atoms with Gasteiger partial charge in [-0.2, -0.15) is 0 Å². The van der Waals surface area contributed by atoms with Gasteiger partial charge in [-0.05, 0) is 17.7 Å². The summed E-state index contributed by atoms with van der Waals surface area (Å²) in [6.07, 6.45) is 0.358. The molecule has 1 amide bonds. The fraction of sp³-hybridized carbons (Fsp3) is 0.188. The highest BCUT2D eigenvalue weighted by Gasteiger charge is 2.07. The van der Waals surface area contributed by atoms with E-state index in [2.05, 4.69) is 21.2 Å². The van der Waals surface area contributed by atoms with Crippen molar-refractivity contribution in [1.29, 1.82) is 0 Å². The van der Waals surface area contributed by atoms with Crippen molar-refractivity contribution in [2.45, 2.75) is 13.0 Å². The van der Waals surface area contributed by atoms with Gasteiger partial charge in [-0.25, -0.2) is 0 Å². The number of carbonyl (C=O) groups excluding carboxylic acids is 1. The minimum atomic E-state index is -0.0113. The second-order valence-corrected chi connectivity index (χ2v) is 5.21. The number of para-hydroxylation sites is 1. The molecule has 0 unspecified atom stereocenters. The van der Waals surface area contributed by atoms with E-state index in [0.717, 1.165) is 21.3 Å². The quantitative estimate of drug-likeness (QED) is 0.911. The van der Waals surface area contributed by atoms with Crippen molar-refractivity contribution in [1.82, 2.24) is 5.32 Å². The van der Waals surface area contributed by atoms with Crippen LogP contribution in [0.3, 0.4) is 0 Å². The van der Waals surface area contributed by atoms with Crippen LogP contribution in [-0.4, -0.2) is 13.0 Å². The lowest BCUT2D eigenvalue weighted by molar-refractivity contribution is -0.120. The fourth-order valence-electron chi connectivity index (χ4n) is 1.92. The van der Waals surface area contributed by atoms with Crippen molar-refractivity contribution in [3.8, 4) is 5.75 Å². The van der Waals surface area contributed by atoms with E-state index in [4.69, 9.17) is 4.74 Å². The Bertz CT molecular complexity index is 599. The van der Waals surface area contributed by atoms with Crippen LogP contribution in [0.5, 0.6) is 5.75 Å². The summed E-state index contributed by atoms with van der Waals surface area (Å²) in [5.74, 6) is 0.775. The van der Waals surface area contributed by atoms with Gasteiger partial charge >= 0.3 is 0 Å². The highest BCUT2D eigenvalue weighted by atomic mass is 79.9. The average Bonchev–Trinajstić information content (AvgIpc) is 2.48. The number of ether oxygens (including phenoxy) is 1. The summed E-state index contributed by atoms with van der Waals surface area (Å²) in [6, 6.07) is 15.4. The first-order chi connectivity index (χ1) is 9.70. The first-order valence-electron chi connectivity index (χ1n) is 6.32. The summed E-state index contributed by atoms with van der Waals surface area (Å²) in [4.78, 5) is 12.0. The third-order valence-electron chi connectivity index (χ3n) is 2.98. The molecule has 2 aromatic carbocycles. The zero-order valence-electron chi connectivity index (χ0n) is 11.2. The molecule has 1 N–H and O–H groups in total. The zero-order chi connectivity index (χ0) is 14.4. The van der Waals surface area contributed by atoms with Crippen molar-refractivity contribution in [2.24, 2.45) is 0 Å². The smallest absolute Gasteiger partial charge is 0.224 e. The molecule has 0 spiro atoms. The summed E-state index contributed by atoms with van der Waals surface area (Å²) < 4.78 is 6.21. The van der Waals surface area contributed by atoms with Gasteiger partial charge in [0.15, 0.2) is 0 Å². The Morgan fingerprint density at radius 3 is 2.45 bits per heavy atom.